The molecule has 3 aromatic carbocycles. The fourth-order valence-corrected chi connectivity index (χ4v) is 4.02. The average Bonchev–Trinajstić information content (AvgIpc) is 2.94. The van der Waals surface area contributed by atoms with E-state index in [-0.39, 0.29) is 11.8 Å². The summed E-state index contributed by atoms with van der Waals surface area (Å²) in [7, 11) is 1.65. The lowest BCUT2D eigenvalue weighted by molar-refractivity contribution is -0.137. The smallest absolute Gasteiger partial charge is 0.263 e. The van der Waals surface area contributed by atoms with Gasteiger partial charge in [0.2, 0.25) is 5.91 Å². The molecule has 0 radical (unpaired) electrons. The van der Waals surface area contributed by atoms with Crippen LogP contribution in [0.25, 0.3) is 0 Å². The topological polar surface area (TPSA) is 67.9 Å². The van der Waals surface area contributed by atoms with E-state index < -0.39 is 6.10 Å². The first-order chi connectivity index (χ1) is 16.0. The standard InChI is InChI=1S/C27H28N2O4/c1-19-27(31)29(15-14-21-10-6-7-11-24(21)32-2)18-22-17-23(12-13-25(22)33-19)28-26(30)16-20-8-4-3-5-9-20/h3-13,17,19H,14-16,18H2,1-2H3,(H,28,30). The molecular formula is C27H28N2O4. The molecule has 1 atom stereocenters. The van der Waals surface area contributed by atoms with Gasteiger partial charge in [0.1, 0.15) is 11.5 Å². The monoisotopic (exact) mass is 444 g/mol. The minimum absolute atomic E-state index is 0.0595. The molecule has 1 aliphatic rings. The van der Waals surface area contributed by atoms with Crippen molar-refractivity contribution >= 4 is 17.5 Å². The number of hydrogen-bond donors (Lipinski definition) is 1. The molecule has 6 nitrogen and oxygen atoms in total. The molecule has 0 bridgehead atoms. The number of carbonyl (C=O) groups is 2. The van der Waals surface area contributed by atoms with Gasteiger partial charge in [0.15, 0.2) is 6.10 Å². The zero-order chi connectivity index (χ0) is 23.2. The van der Waals surface area contributed by atoms with E-state index in [1.807, 2.05) is 72.8 Å². The number of methoxy groups -OCH3 is 1. The van der Waals surface area contributed by atoms with Crippen LogP contribution in [0.15, 0.2) is 72.8 Å². The van der Waals surface area contributed by atoms with Crippen LogP contribution in [0.1, 0.15) is 23.6 Å². The predicted molar refractivity (Wildman–Crippen MR) is 127 cm³/mol. The minimum atomic E-state index is -0.581. The van der Waals surface area contributed by atoms with Gasteiger partial charge in [0.25, 0.3) is 5.91 Å². The fourth-order valence-electron chi connectivity index (χ4n) is 4.02. The highest BCUT2D eigenvalue weighted by molar-refractivity contribution is 5.92. The van der Waals surface area contributed by atoms with Gasteiger partial charge in [-0.2, -0.15) is 0 Å². The molecule has 1 unspecified atom stereocenters. The van der Waals surface area contributed by atoms with Crippen molar-refractivity contribution in [2.75, 3.05) is 19.0 Å². The number of fused-ring (bicyclic) bond motifs is 1. The average molecular weight is 445 g/mol. The van der Waals surface area contributed by atoms with Crippen molar-refractivity contribution in [2.45, 2.75) is 32.4 Å². The number of benzene rings is 3. The molecule has 1 aliphatic heterocycles. The third-order valence-corrected chi connectivity index (χ3v) is 5.72. The molecule has 170 valence electrons. The van der Waals surface area contributed by atoms with Crippen LogP contribution in [-0.4, -0.2) is 36.5 Å². The van der Waals surface area contributed by atoms with E-state index in [0.29, 0.717) is 37.4 Å². The first-order valence-electron chi connectivity index (χ1n) is 11.1. The third-order valence-electron chi connectivity index (χ3n) is 5.72. The summed E-state index contributed by atoms with van der Waals surface area (Å²) in [6, 6.07) is 23.0. The summed E-state index contributed by atoms with van der Waals surface area (Å²) in [5, 5.41) is 2.96. The number of carbonyl (C=O) groups excluding carboxylic acids is 2. The summed E-state index contributed by atoms with van der Waals surface area (Å²) >= 11 is 0. The number of nitrogens with zero attached hydrogens (tertiary/aromatic N) is 1. The molecule has 4 rings (SSSR count). The van der Waals surface area contributed by atoms with Gasteiger partial charge in [-0.05, 0) is 48.7 Å². The van der Waals surface area contributed by atoms with E-state index >= 15 is 0 Å². The SMILES string of the molecule is COc1ccccc1CCN1Cc2cc(NC(=O)Cc3ccccc3)ccc2OC(C)C1=O. The molecule has 0 aromatic heterocycles. The Morgan fingerprint density at radius 3 is 2.64 bits per heavy atom. The van der Waals surface area contributed by atoms with Crippen molar-refractivity contribution in [3.8, 4) is 11.5 Å². The third kappa shape index (κ3) is 5.52. The van der Waals surface area contributed by atoms with Gasteiger partial charge < -0.3 is 19.7 Å². The molecule has 0 aliphatic carbocycles. The Kier molecular flexibility index (Phi) is 6.93. The largest absolute Gasteiger partial charge is 0.496 e. The second-order valence-corrected chi connectivity index (χ2v) is 8.11. The molecule has 0 spiro atoms. The highest BCUT2D eigenvalue weighted by Crippen LogP contribution is 2.29. The van der Waals surface area contributed by atoms with Crippen LogP contribution < -0.4 is 14.8 Å². The minimum Gasteiger partial charge on any atom is -0.496 e. The fraction of sp³-hybridized carbons (Fsp3) is 0.259. The lowest BCUT2D eigenvalue weighted by Gasteiger charge is -2.22. The lowest BCUT2D eigenvalue weighted by Crippen LogP contribution is -2.39. The summed E-state index contributed by atoms with van der Waals surface area (Å²) in [6.45, 7) is 2.72. The van der Waals surface area contributed by atoms with Gasteiger partial charge in [-0.3, -0.25) is 9.59 Å². The lowest BCUT2D eigenvalue weighted by atomic mass is 10.1. The van der Waals surface area contributed by atoms with Gasteiger partial charge >= 0.3 is 0 Å². The number of hydrogen-bond acceptors (Lipinski definition) is 4. The molecule has 1 heterocycles. The number of amides is 2. The van der Waals surface area contributed by atoms with Crippen molar-refractivity contribution < 1.29 is 19.1 Å². The van der Waals surface area contributed by atoms with Crippen LogP contribution in [0, 0.1) is 0 Å². The molecule has 33 heavy (non-hydrogen) atoms. The molecule has 3 aromatic rings. The number of rotatable bonds is 7. The quantitative estimate of drug-likeness (QED) is 0.592. The van der Waals surface area contributed by atoms with Gasteiger partial charge in [-0.25, -0.2) is 0 Å². The number of ether oxygens (including phenoxy) is 2. The van der Waals surface area contributed by atoms with Gasteiger partial charge in [-0.1, -0.05) is 48.5 Å². The Balaban J connectivity index is 1.48. The van der Waals surface area contributed by atoms with E-state index in [9.17, 15) is 9.59 Å². The van der Waals surface area contributed by atoms with E-state index in [2.05, 4.69) is 5.32 Å². The van der Waals surface area contributed by atoms with Crippen molar-refractivity contribution in [1.29, 1.82) is 0 Å². The molecule has 1 N–H and O–H groups in total. The summed E-state index contributed by atoms with van der Waals surface area (Å²) in [6.07, 6.45) is 0.391. The normalized spacial score (nSPS) is 15.3. The van der Waals surface area contributed by atoms with Crippen LogP contribution in [0.5, 0.6) is 11.5 Å². The molecular weight excluding hydrogens is 416 g/mol. The Morgan fingerprint density at radius 1 is 1.09 bits per heavy atom. The summed E-state index contributed by atoms with van der Waals surface area (Å²) in [4.78, 5) is 27.2. The van der Waals surface area contributed by atoms with Crippen LogP contribution in [0.2, 0.25) is 0 Å². The number of nitrogens with one attached hydrogen (secondary N) is 1. The predicted octanol–water partition coefficient (Wildman–Crippen LogP) is 4.23. The second kappa shape index (κ2) is 10.2. The van der Waals surface area contributed by atoms with E-state index in [1.54, 1.807) is 18.9 Å². The Morgan fingerprint density at radius 2 is 1.85 bits per heavy atom. The van der Waals surface area contributed by atoms with E-state index in [1.165, 1.54) is 0 Å². The summed E-state index contributed by atoms with van der Waals surface area (Å²) < 4.78 is 11.4. The highest BCUT2D eigenvalue weighted by Gasteiger charge is 2.28. The Bertz CT molecular complexity index is 1130. The van der Waals surface area contributed by atoms with Gasteiger partial charge in [0.05, 0.1) is 13.5 Å². The van der Waals surface area contributed by atoms with E-state index in [0.717, 1.165) is 22.4 Å². The molecule has 6 heteroatoms. The van der Waals surface area contributed by atoms with Gasteiger partial charge in [0, 0.05) is 24.3 Å². The number of para-hydroxylation sites is 1. The van der Waals surface area contributed by atoms with Crippen molar-refractivity contribution in [3.05, 3.63) is 89.5 Å². The van der Waals surface area contributed by atoms with Crippen molar-refractivity contribution in [1.82, 2.24) is 4.90 Å². The van der Waals surface area contributed by atoms with Crippen LogP contribution in [-0.2, 0) is 29.0 Å². The second-order valence-electron chi connectivity index (χ2n) is 8.11. The van der Waals surface area contributed by atoms with Crippen LogP contribution in [0.4, 0.5) is 5.69 Å². The van der Waals surface area contributed by atoms with Crippen LogP contribution >= 0.6 is 0 Å². The zero-order valence-electron chi connectivity index (χ0n) is 18.9. The van der Waals surface area contributed by atoms with E-state index in [4.69, 9.17) is 9.47 Å². The molecule has 2 amide bonds. The highest BCUT2D eigenvalue weighted by atomic mass is 16.5. The first-order valence-corrected chi connectivity index (χ1v) is 11.1. The molecule has 0 saturated heterocycles. The zero-order valence-corrected chi connectivity index (χ0v) is 18.9. The van der Waals surface area contributed by atoms with Crippen LogP contribution in [0.3, 0.4) is 0 Å². The van der Waals surface area contributed by atoms with Gasteiger partial charge in [-0.15, -0.1) is 0 Å². The maximum absolute atomic E-state index is 13.0. The maximum Gasteiger partial charge on any atom is 0.263 e. The number of anilines is 1. The summed E-state index contributed by atoms with van der Waals surface area (Å²) in [5.74, 6) is 1.33. The Hall–Kier alpha value is -3.80. The Labute approximate surface area is 194 Å². The summed E-state index contributed by atoms with van der Waals surface area (Å²) in [5.41, 5.74) is 3.55. The molecule has 0 fully saturated rings. The van der Waals surface area contributed by atoms with Crippen molar-refractivity contribution in [2.24, 2.45) is 0 Å². The van der Waals surface area contributed by atoms with Crippen molar-refractivity contribution in [3.63, 3.8) is 0 Å². The molecule has 0 saturated carbocycles. The first kappa shape index (κ1) is 22.4. The maximum atomic E-state index is 13.0.